The zero-order valence-corrected chi connectivity index (χ0v) is 15.2. The van der Waals surface area contributed by atoms with Gasteiger partial charge in [-0.05, 0) is 36.0 Å². The molecule has 4 rings (SSSR count). The Morgan fingerprint density at radius 3 is 1.95 bits per heavy atom. The maximum Gasteiger partial charge on any atom is 0.102 e. The van der Waals surface area contributed by atoms with Gasteiger partial charge in [-0.15, -0.1) is 0 Å². The van der Waals surface area contributed by atoms with Crippen molar-refractivity contribution in [3.05, 3.63) is 0 Å². The van der Waals surface area contributed by atoms with Gasteiger partial charge in [-0.2, -0.15) is 0 Å². The van der Waals surface area contributed by atoms with Gasteiger partial charge < -0.3 is 33.6 Å². The minimum Gasteiger partial charge on any atom is -1.00 e. The second kappa shape index (κ2) is 4.57. The molecule has 0 aromatic carbocycles. The van der Waals surface area contributed by atoms with E-state index in [0.29, 0.717) is 23.0 Å². The van der Waals surface area contributed by atoms with E-state index in [-0.39, 0.29) is 24.0 Å². The van der Waals surface area contributed by atoms with Crippen LogP contribution in [0.2, 0.25) is 0 Å². The molecule has 3 heteroatoms. The summed E-state index contributed by atoms with van der Waals surface area (Å²) in [5.41, 5.74) is 1.62. The molecule has 112 valence electrons. The largest absolute Gasteiger partial charge is 1.00 e. The Morgan fingerprint density at radius 2 is 1.53 bits per heavy atom. The first kappa shape index (κ1) is 16.0. The molecule has 4 bridgehead atoms. The van der Waals surface area contributed by atoms with Gasteiger partial charge in [-0.3, -0.25) is 0 Å². The first-order valence-corrected chi connectivity index (χ1v) is 7.66. The normalized spacial score (nSPS) is 48.2. The van der Waals surface area contributed by atoms with Crippen LogP contribution in [0, 0.1) is 16.7 Å². The molecule has 0 aliphatic heterocycles. The summed E-state index contributed by atoms with van der Waals surface area (Å²) in [7, 11) is 4.71. The molecule has 19 heavy (non-hydrogen) atoms. The predicted octanol–water partition coefficient (Wildman–Crippen LogP) is -0.192. The molecule has 0 aromatic heterocycles. The Balaban J connectivity index is 0.00000133. The monoisotopic (exact) mass is 379 g/mol. The number of aliphatic hydroxyl groups is 1. The van der Waals surface area contributed by atoms with Crippen LogP contribution in [0.4, 0.5) is 0 Å². The molecule has 0 amide bonds. The lowest BCUT2D eigenvalue weighted by Crippen LogP contribution is -3.00. The number of quaternary nitrogens is 1. The summed E-state index contributed by atoms with van der Waals surface area (Å²) in [6, 6.07) is 0. The predicted molar refractivity (Wildman–Crippen MR) is 74.2 cm³/mol. The third kappa shape index (κ3) is 2.38. The third-order valence-corrected chi connectivity index (χ3v) is 6.54. The van der Waals surface area contributed by atoms with Crippen LogP contribution in [0.5, 0.6) is 0 Å². The molecule has 0 spiro atoms. The smallest absolute Gasteiger partial charge is 0.102 e. The Bertz CT molecular complexity index is 350. The highest BCUT2D eigenvalue weighted by atomic mass is 127. The van der Waals surface area contributed by atoms with Crippen LogP contribution < -0.4 is 24.0 Å². The van der Waals surface area contributed by atoms with Crippen molar-refractivity contribution in [2.45, 2.75) is 57.9 Å². The van der Waals surface area contributed by atoms with E-state index in [1.54, 1.807) is 0 Å². The molecule has 0 heterocycles. The SMILES string of the molecule is CC12CC3CC(C)(C1)CC([N+](C)(C)CCO)(C3)C2.[I-]. The number of hydrogen-bond donors (Lipinski definition) is 1. The van der Waals surface area contributed by atoms with Crippen LogP contribution in [-0.4, -0.2) is 42.4 Å². The van der Waals surface area contributed by atoms with Crippen LogP contribution in [0.15, 0.2) is 0 Å². The molecular weight excluding hydrogens is 349 g/mol. The molecule has 0 radical (unpaired) electrons. The first-order chi connectivity index (χ1) is 8.22. The Kier molecular flexibility index (Phi) is 3.86. The maximum absolute atomic E-state index is 9.42. The van der Waals surface area contributed by atoms with Crippen molar-refractivity contribution >= 4 is 0 Å². The van der Waals surface area contributed by atoms with Crippen molar-refractivity contribution in [3.8, 4) is 0 Å². The summed E-state index contributed by atoms with van der Waals surface area (Å²) < 4.78 is 1.03. The van der Waals surface area contributed by atoms with E-state index in [1.165, 1.54) is 38.5 Å². The average molecular weight is 379 g/mol. The minimum atomic E-state index is 0. The highest BCUT2D eigenvalue weighted by Crippen LogP contribution is 2.68. The number of likely N-dealkylation sites (N-methyl/N-ethyl adjacent to an activating group) is 1. The van der Waals surface area contributed by atoms with Gasteiger partial charge in [0, 0.05) is 19.3 Å². The van der Waals surface area contributed by atoms with Crippen molar-refractivity contribution in [1.82, 2.24) is 0 Å². The molecular formula is C16H30INO. The van der Waals surface area contributed by atoms with E-state index in [1.807, 2.05) is 0 Å². The Morgan fingerprint density at radius 1 is 1.00 bits per heavy atom. The number of aliphatic hydroxyl groups excluding tert-OH is 1. The topological polar surface area (TPSA) is 20.2 Å². The lowest BCUT2D eigenvalue weighted by atomic mass is 9.42. The highest BCUT2D eigenvalue weighted by molar-refractivity contribution is 5.11. The summed E-state index contributed by atoms with van der Waals surface area (Å²) in [5.74, 6) is 0.951. The highest BCUT2D eigenvalue weighted by Gasteiger charge is 2.65. The van der Waals surface area contributed by atoms with Crippen LogP contribution in [0.25, 0.3) is 0 Å². The Hall–Kier alpha value is 0.650. The number of rotatable bonds is 3. The van der Waals surface area contributed by atoms with Crippen LogP contribution in [0.3, 0.4) is 0 Å². The van der Waals surface area contributed by atoms with Gasteiger partial charge in [-0.25, -0.2) is 0 Å². The maximum atomic E-state index is 9.42. The van der Waals surface area contributed by atoms with Gasteiger partial charge >= 0.3 is 0 Å². The molecule has 4 saturated carbocycles. The van der Waals surface area contributed by atoms with Gasteiger partial charge in [0.25, 0.3) is 0 Å². The van der Waals surface area contributed by atoms with Crippen molar-refractivity contribution in [3.63, 3.8) is 0 Å². The van der Waals surface area contributed by atoms with E-state index >= 15 is 0 Å². The standard InChI is InChI=1S/C16H30NO.HI/c1-14-7-13-8-15(2,10-14)12-16(9-13,11-14)17(3,4)5-6-18;/h13,18H,5-12H2,1-4H3;1H/q+1;/p-1. The lowest BCUT2D eigenvalue weighted by molar-refractivity contribution is -0.949. The number of halogens is 1. The second-order valence-electron chi connectivity index (χ2n) is 8.99. The number of hydrogen-bond acceptors (Lipinski definition) is 1. The molecule has 4 aliphatic carbocycles. The number of nitrogens with zero attached hydrogens (tertiary/aromatic N) is 1. The van der Waals surface area contributed by atoms with Crippen molar-refractivity contribution in [1.29, 1.82) is 0 Å². The van der Waals surface area contributed by atoms with E-state index in [2.05, 4.69) is 27.9 Å². The van der Waals surface area contributed by atoms with Crippen molar-refractivity contribution in [2.75, 3.05) is 27.2 Å². The van der Waals surface area contributed by atoms with E-state index < -0.39 is 0 Å². The van der Waals surface area contributed by atoms with E-state index in [4.69, 9.17) is 0 Å². The van der Waals surface area contributed by atoms with Crippen molar-refractivity contribution < 1.29 is 33.6 Å². The fourth-order valence-corrected chi connectivity index (χ4v) is 6.55. The summed E-state index contributed by atoms with van der Waals surface area (Å²) >= 11 is 0. The molecule has 2 unspecified atom stereocenters. The molecule has 4 fully saturated rings. The van der Waals surface area contributed by atoms with Crippen LogP contribution in [0.1, 0.15) is 52.4 Å². The molecule has 0 saturated heterocycles. The van der Waals surface area contributed by atoms with Gasteiger partial charge in [0.2, 0.25) is 0 Å². The molecule has 2 atom stereocenters. The van der Waals surface area contributed by atoms with Gasteiger partial charge in [0.1, 0.15) is 12.1 Å². The third-order valence-electron chi connectivity index (χ3n) is 6.54. The fraction of sp³-hybridized carbons (Fsp3) is 1.00. The summed E-state index contributed by atoms with van der Waals surface area (Å²) in [4.78, 5) is 0. The van der Waals surface area contributed by atoms with E-state index in [9.17, 15) is 5.11 Å². The summed E-state index contributed by atoms with van der Waals surface area (Å²) in [5, 5.41) is 9.42. The minimum absolute atomic E-state index is 0. The molecule has 2 nitrogen and oxygen atoms in total. The zero-order valence-electron chi connectivity index (χ0n) is 13.0. The molecule has 0 aromatic rings. The fourth-order valence-electron chi connectivity index (χ4n) is 6.55. The Labute approximate surface area is 135 Å². The van der Waals surface area contributed by atoms with E-state index in [0.717, 1.165) is 16.9 Å². The van der Waals surface area contributed by atoms with Gasteiger partial charge in [0.05, 0.1) is 20.7 Å². The van der Waals surface area contributed by atoms with Crippen molar-refractivity contribution in [2.24, 2.45) is 16.7 Å². The zero-order chi connectivity index (χ0) is 13.2. The summed E-state index contributed by atoms with van der Waals surface area (Å²) in [6.45, 7) is 6.30. The summed E-state index contributed by atoms with van der Waals surface area (Å²) in [6.07, 6.45) is 8.55. The van der Waals surface area contributed by atoms with Crippen LogP contribution >= 0.6 is 0 Å². The first-order valence-electron chi connectivity index (χ1n) is 7.66. The second-order valence-corrected chi connectivity index (χ2v) is 8.99. The lowest BCUT2D eigenvalue weighted by Gasteiger charge is -2.68. The van der Waals surface area contributed by atoms with Gasteiger partial charge in [0.15, 0.2) is 0 Å². The van der Waals surface area contributed by atoms with Crippen LogP contribution in [-0.2, 0) is 0 Å². The quantitative estimate of drug-likeness (QED) is 0.533. The molecule has 4 aliphatic rings. The van der Waals surface area contributed by atoms with Gasteiger partial charge in [-0.1, -0.05) is 13.8 Å². The molecule has 1 N–H and O–H groups in total. The average Bonchev–Trinajstić information content (AvgIpc) is 2.10.